The minimum absolute atomic E-state index is 0.239. The highest BCUT2D eigenvalue weighted by atomic mass is 16.5. The van der Waals surface area contributed by atoms with Crippen LogP contribution in [0.2, 0.25) is 0 Å². The van der Waals surface area contributed by atoms with Gasteiger partial charge in [-0.2, -0.15) is 5.10 Å². The summed E-state index contributed by atoms with van der Waals surface area (Å²) < 4.78 is 16.0. The lowest BCUT2D eigenvalue weighted by atomic mass is 9.97. The number of hydrazone groups is 1. The standard InChI is InChI=1S/C28H27N3O5/c1-34-24-14-18(15-25(35-2)26(24)36-3)12-13-29-27(32)28(33)31-30-17-23-21-10-6-4-8-19(21)16-20-9-5-7-11-22(20)23/h4-11,14-17H,12-13H2,1-3H3,(H,29,32)(H,31,33)/b30-17-. The van der Waals surface area contributed by atoms with Crippen LogP contribution in [0.1, 0.15) is 11.1 Å². The number of methoxy groups -OCH3 is 3. The molecule has 0 aliphatic heterocycles. The van der Waals surface area contributed by atoms with Gasteiger partial charge in [-0.05, 0) is 51.7 Å². The maximum Gasteiger partial charge on any atom is 0.329 e. The Balaban J connectivity index is 1.40. The van der Waals surface area contributed by atoms with Crippen molar-refractivity contribution in [3.8, 4) is 17.2 Å². The van der Waals surface area contributed by atoms with Crippen LogP contribution in [0, 0.1) is 0 Å². The molecule has 0 heterocycles. The van der Waals surface area contributed by atoms with Crippen LogP contribution in [0.15, 0.2) is 71.8 Å². The van der Waals surface area contributed by atoms with Gasteiger partial charge >= 0.3 is 11.8 Å². The van der Waals surface area contributed by atoms with E-state index in [2.05, 4.69) is 21.9 Å². The van der Waals surface area contributed by atoms with E-state index in [1.54, 1.807) is 18.3 Å². The molecule has 2 N–H and O–H groups in total. The Morgan fingerprint density at radius 3 is 1.94 bits per heavy atom. The van der Waals surface area contributed by atoms with Crippen LogP contribution < -0.4 is 25.0 Å². The van der Waals surface area contributed by atoms with Crippen molar-refractivity contribution in [2.75, 3.05) is 27.9 Å². The van der Waals surface area contributed by atoms with E-state index < -0.39 is 11.8 Å². The molecule has 0 radical (unpaired) electrons. The summed E-state index contributed by atoms with van der Waals surface area (Å²) >= 11 is 0. The first kappa shape index (κ1) is 24.5. The molecule has 0 fully saturated rings. The first-order valence-corrected chi connectivity index (χ1v) is 11.4. The van der Waals surface area contributed by atoms with E-state index in [1.807, 2.05) is 48.5 Å². The minimum atomic E-state index is -0.847. The summed E-state index contributed by atoms with van der Waals surface area (Å²) in [5.74, 6) is -0.0931. The first-order valence-electron chi connectivity index (χ1n) is 11.4. The molecule has 4 rings (SSSR count). The second kappa shape index (κ2) is 11.2. The quantitative estimate of drug-likeness (QED) is 0.171. The molecule has 0 bridgehead atoms. The monoisotopic (exact) mass is 485 g/mol. The molecule has 4 aromatic carbocycles. The number of amides is 2. The van der Waals surface area contributed by atoms with E-state index >= 15 is 0 Å². The summed E-state index contributed by atoms with van der Waals surface area (Å²) in [7, 11) is 4.60. The van der Waals surface area contributed by atoms with E-state index in [0.29, 0.717) is 23.7 Å². The second-order valence-electron chi connectivity index (χ2n) is 7.97. The number of rotatable bonds is 8. The van der Waals surface area contributed by atoms with Gasteiger partial charge in [0.15, 0.2) is 11.5 Å². The van der Waals surface area contributed by atoms with Gasteiger partial charge in [-0.15, -0.1) is 0 Å². The van der Waals surface area contributed by atoms with Crippen LogP contribution in [-0.4, -0.2) is 45.9 Å². The summed E-state index contributed by atoms with van der Waals surface area (Å²) in [6, 6.07) is 21.6. The van der Waals surface area contributed by atoms with Crippen LogP contribution >= 0.6 is 0 Å². The van der Waals surface area contributed by atoms with Gasteiger partial charge in [0, 0.05) is 12.1 Å². The van der Waals surface area contributed by atoms with Crippen molar-refractivity contribution in [2.45, 2.75) is 6.42 Å². The van der Waals surface area contributed by atoms with E-state index in [1.165, 1.54) is 21.3 Å². The average molecular weight is 486 g/mol. The summed E-state index contributed by atoms with van der Waals surface area (Å²) in [6.07, 6.45) is 2.03. The zero-order valence-electron chi connectivity index (χ0n) is 20.3. The molecular weight excluding hydrogens is 458 g/mol. The third kappa shape index (κ3) is 5.22. The van der Waals surface area contributed by atoms with Crippen LogP contribution in [0.25, 0.3) is 21.5 Å². The summed E-state index contributed by atoms with van der Waals surface area (Å²) in [5.41, 5.74) is 4.04. The lowest BCUT2D eigenvalue weighted by Gasteiger charge is -2.14. The molecule has 0 saturated heterocycles. The predicted molar refractivity (Wildman–Crippen MR) is 140 cm³/mol. The molecule has 8 nitrogen and oxygen atoms in total. The van der Waals surface area contributed by atoms with Crippen molar-refractivity contribution in [3.05, 3.63) is 77.9 Å². The van der Waals surface area contributed by atoms with Crippen molar-refractivity contribution in [1.29, 1.82) is 0 Å². The number of nitrogens with zero attached hydrogens (tertiary/aromatic N) is 1. The highest BCUT2D eigenvalue weighted by molar-refractivity contribution is 6.35. The average Bonchev–Trinajstić information content (AvgIpc) is 2.91. The van der Waals surface area contributed by atoms with Crippen molar-refractivity contribution in [3.63, 3.8) is 0 Å². The van der Waals surface area contributed by atoms with Gasteiger partial charge < -0.3 is 19.5 Å². The molecule has 0 unspecified atom stereocenters. The van der Waals surface area contributed by atoms with Crippen LogP contribution in [0.3, 0.4) is 0 Å². The number of carbonyl (C=O) groups is 2. The zero-order valence-corrected chi connectivity index (χ0v) is 20.3. The number of hydrogen-bond acceptors (Lipinski definition) is 6. The molecule has 184 valence electrons. The molecule has 0 aromatic heterocycles. The fourth-order valence-electron chi connectivity index (χ4n) is 4.07. The third-order valence-electron chi connectivity index (χ3n) is 5.80. The predicted octanol–water partition coefficient (Wildman–Crippen LogP) is 3.83. The van der Waals surface area contributed by atoms with E-state index in [-0.39, 0.29) is 6.54 Å². The third-order valence-corrected chi connectivity index (χ3v) is 5.80. The zero-order chi connectivity index (χ0) is 25.5. The van der Waals surface area contributed by atoms with Crippen LogP contribution in [-0.2, 0) is 16.0 Å². The number of nitrogens with one attached hydrogen (secondary N) is 2. The summed E-state index contributed by atoms with van der Waals surface area (Å²) in [6.45, 7) is 0.239. The second-order valence-corrected chi connectivity index (χ2v) is 7.97. The van der Waals surface area contributed by atoms with Gasteiger partial charge in [0.1, 0.15) is 0 Å². The molecule has 8 heteroatoms. The topological polar surface area (TPSA) is 98.2 Å². The number of carbonyl (C=O) groups excluding carboxylic acids is 2. The maximum atomic E-state index is 12.3. The lowest BCUT2D eigenvalue weighted by molar-refractivity contribution is -0.139. The van der Waals surface area contributed by atoms with Crippen molar-refractivity contribution in [2.24, 2.45) is 5.10 Å². The smallest absolute Gasteiger partial charge is 0.329 e. The minimum Gasteiger partial charge on any atom is -0.493 e. The molecule has 0 spiro atoms. The Bertz CT molecular complexity index is 1370. The Morgan fingerprint density at radius 1 is 0.806 bits per heavy atom. The molecule has 36 heavy (non-hydrogen) atoms. The van der Waals surface area contributed by atoms with Crippen LogP contribution in [0.4, 0.5) is 0 Å². The maximum absolute atomic E-state index is 12.3. The van der Waals surface area contributed by atoms with Crippen molar-refractivity contribution < 1.29 is 23.8 Å². The highest BCUT2D eigenvalue weighted by Crippen LogP contribution is 2.38. The molecule has 0 saturated carbocycles. The molecule has 0 atom stereocenters. The Hall–Kier alpha value is -4.59. The number of ether oxygens (including phenoxy) is 3. The molecule has 4 aromatic rings. The van der Waals surface area contributed by atoms with Gasteiger partial charge in [-0.25, -0.2) is 5.43 Å². The van der Waals surface area contributed by atoms with E-state index in [4.69, 9.17) is 14.2 Å². The first-order chi connectivity index (χ1) is 17.5. The number of benzene rings is 4. The largest absolute Gasteiger partial charge is 0.493 e. The molecule has 2 amide bonds. The number of fused-ring (bicyclic) bond motifs is 2. The van der Waals surface area contributed by atoms with Gasteiger partial charge in [0.05, 0.1) is 27.5 Å². The highest BCUT2D eigenvalue weighted by Gasteiger charge is 2.15. The Morgan fingerprint density at radius 2 is 1.39 bits per heavy atom. The van der Waals surface area contributed by atoms with Gasteiger partial charge in [-0.1, -0.05) is 48.5 Å². The van der Waals surface area contributed by atoms with E-state index in [9.17, 15) is 9.59 Å². The summed E-state index contributed by atoms with van der Waals surface area (Å²) in [4.78, 5) is 24.6. The molecule has 0 aliphatic carbocycles. The van der Waals surface area contributed by atoms with Crippen LogP contribution in [0.5, 0.6) is 17.2 Å². The summed E-state index contributed by atoms with van der Waals surface area (Å²) in [5, 5.41) is 10.8. The van der Waals surface area contributed by atoms with Crippen molar-refractivity contribution >= 4 is 39.6 Å². The Kier molecular flexibility index (Phi) is 7.65. The molecular formula is C28H27N3O5. The lowest BCUT2D eigenvalue weighted by Crippen LogP contribution is -2.38. The molecule has 0 aliphatic rings. The van der Waals surface area contributed by atoms with Gasteiger partial charge in [-0.3, -0.25) is 9.59 Å². The fraction of sp³-hybridized carbons (Fsp3) is 0.179. The van der Waals surface area contributed by atoms with Crippen molar-refractivity contribution in [1.82, 2.24) is 10.7 Å². The van der Waals surface area contributed by atoms with Gasteiger partial charge in [0.2, 0.25) is 5.75 Å². The van der Waals surface area contributed by atoms with Gasteiger partial charge in [0.25, 0.3) is 0 Å². The number of hydrogen-bond donors (Lipinski definition) is 2. The SMILES string of the molecule is COc1cc(CCNC(=O)C(=O)N/N=C\c2c3ccccc3cc3ccccc23)cc(OC)c1OC. The Labute approximate surface area is 208 Å². The van der Waals surface area contributed by atoms with E-state index in [0.717, 1.165) is 32.7 Å². The normalized spacial score (nSPS) is 11.0. The fourth-order valence-corrected chi connectivity index (χ4v) is 4.07.